The predicted octanol–water partition coefficient (Wildman–Crippen LogP) is 4.85. The fourth-order valence-electron chi connectivity index (χ4n) is 5.28. The summed E-state index contributed by atoms with van der Waals surface area (Å²) in [5.41, 5.74) is 4.99. The van der Waals surface area contributed by atoms with Crippen molar-refractivity contribution in [2.75, 3.05) is 14.2 Å². The highest BCUT2D eigenvalue weighted by Crippen LogP contribution is 2.43. The molecule has 1 unspecified atom stereocenters. The smallest absolute Gasteiger partial charge is 0.249 e. The van der Waals surface area contributed by atoms with Gasteiger partial charge in [0.25, 0.3) is 0 Å². The third-order valence-electron chi connectivity index (χ3n) is 6.99. The summed E-state index contributed by atoms with van der Waals surface area (Å²) in [5.74, 6) is -0.140. The molecule has 172 valence electrons. The molecule has 4 aromatic rings. The lowest BCUT2D eigenvalue weighted by Crippen LogP contribution is -2.41. The SMILES string of the molecule is CON(C)C(=O)C1CCc2ncn(C(c3ccccc3)(c3ccccc3)c3ccccc3)c2C1. The summed E-state index contributed by atoms with van der Waals surface area (Å²) in [6.07, 6.45) is 4.12. The molecule has 0 saturated heterocycles. The topological polar surface area (TPSA) is 47.4 Å². The summed E-state index contributed by atoms with van der Waals surface area (Å²) in [7, 11) is 3.21. The average Bonchev–Trinajstić information content (AvgIpc) is 3.34. The van der Waals surface area contributed by atoms with Gasteiger partial charge in [0.15, 0.2) is 0 Å². The Kier molecular flexibility index (Phi) is 6.03. The van der Waals surface area contributed by atoms with Crippen LogP contribution in [0.5, 0.6) is 0 Å². The van der Waals surface area contributed by atoms with Crippen LogP contribution in [-0.4, -0.2) is 34.7 Å². The summed E-state index contributed by atoms with van der Waals surface area (Å²) in [6, 6.07) is 31.7. The number of hydrogen-bond donors (Lipinski definition) is 0. The molecule has 0 fully saturated rings. The molecular formula is C29H29N3O2. The Morgan fingerprint density at radius 3 is 1.88 bits per heavy atom. The van der Waals surface area contributed by atoms with Gasteiger partial charge < -0.3 is 4.57 Å². The first-order chi connectivity index (χ1) is 16.7. The maximum atomic E-state index is 13.0. The van der Waals surface area contributed by atoms with E-state index in [-0.39, 0.29) is 11.8 Å². The summed E-state index contributed by atoms with van der Waals surface area (Å²) in [6.45, 7) is 0. The van der Waals surface area contributed by atoms with Gasteiger partial charge in [0, 0.05) is 25.1 Å². The van der Waals surface area contributed by atoms with E-state index in [1.807, 2.05) is 24.5 Å². The molecule has 0 N–H and O–H groups in total. The van der Waals surface area contributed by atoms with Gasteiger partial charge in [0.05, 0.1) is 19.1 Å². The van der Waals surface area contributed by atoms with E-state index < -0.39 is 5.54 Å². The minimum Gasteiger partial charge on any atom is -0.316 e. The largest absolute Gasteiger partial charge is 0.316 e. The van der Waals surface area contributed by atoms with Crippen LogP contribution < -0.4 is 0 Å². The van der Waals surface area contributed by atoms with Crippen LogP contribution in [0.1, 0.15) is 34.5 Å². The molecule has 1 aliphatic carbocycles. The van der Waals surface area contributed by atoms with Crippen molar-refractivity contribution in [3.63, 3.8) is 0 Å². The molecule has 0 saturated carbocycles. The molecule has 1 atom stereocenters. The molecule has 1 heterocycles. The van der Waals surface area contributed by atoms with E-state index in [1.54, 1.807) is 7.05 Å². The normalized spacial score (nSPS) is 15.5. The second-order valence-corrected chi connectivity index (χ2v) is 8.77. The van der Waals surface area contributed by atoms with Gasteiger partial charge >= 0.3 is 0 Å². The van der Waals surface area contributed by atoms with Crippen molar-refractivity contribution in [1.82, 2.24) is 14.6 Å². The molecule has 1 aliphatic rings. The van der Waals surface area contributed by atoms with Crippen molar-refractivity contribution >= 4 is 5.91 Å². The molecule has 0 spiro atoms. The second kappa shape index (κ2) is 9.27. The Morgan fingerprint density at radius 1 is 0.912 bits per heavy atom. The molecule has 0 aliphatic heterocycles. The van der Waals surface area contributed by atoms with E-state index in [1.165, 1.54) is 12.2 Å². The minimum atomic E-state index is -0.623. The second-order valence-electron chi connectivity index (χ2n) is 8.77. The van der Waals surface area contributed by atoms with Crippen LogP contribution in [0.3, 0.4) is 0 Å². The zero-order valence-corrected chi connectivity index (χ0v) is 19.6. The zero-order valence-electron chi connectivity index (χ0n) is 19.6. The van der Waals surface area contributed by atoms with E-state index in [2.05, 4.69) is 77.4 Å². The molecule has 5 rings (SSSR count). The number of benzene rings is 3. The highest BCUT2D eigenvalue weighted by molar-refractivity contribution is 5.78. The first kappa shape index (κ1) is 22.1. The summed E-state index contributed by atoms with van der Waals surface area (Å²) in [4.78, 5) is 23.1. The molecular weight excluding hydrogens is 422 g/mol. The van der Waals surface area contributed by atoms with Crippen molar-refractivity contribution in [2.45, 2.75) is 24.8 Å². The van der Waals surface area contributed by atoms with Crippen molar-refractivity contribution in [3.05, 3.63) is 125 Å². The Bertz CT molecular complexity index is 1160. The van der Waals surface area contributed by atoms with Crippen molar-refractivity contribution in [2.24, 2.45) is 5.92 Å². The predicted molar refractivity (Wildman–Crippen MR) is 132 cm³/mol. The number of fused-ring (bicyclic) bond motifs is 1. The number of hydrogen-bond acceptors (Lipinski definition) is 3. The fourth-order valence-corrected chi connectivity index (χ4v) is 5.28. The maximum absolute atomic E-state index is 13.0. The van der Waals surface area contributed by atoms with Crippen LogP contribution in [0.2, 0.25) is 0 Å². The lowest BCUT2D eigenvalue weighted by Gasteiger charge is -2.39. The van der Waals surface area contributed by atoms with Crippen molar-refractivity contribution < 1.29 is 9.63 Å². The molecule has 0 radical (unpaired) electrons. The number of carbonyl (C=O) groups is 1. The van der Waals surface area contributed by atoms with Gasteiger partial charge in [-0.3, -0.25) is 9.63 Å². The molecule has 5 heteroatoms. The number of aryl methyl sites for hydroxylation is 1. The summed E-state index contributed by atoms with van der Waals surface area (Å²) >= 11 is 0. The van der Waals surface area contributed by atoms with E-state index in [9.17, 15) is 4.79 Å². The first-order valence-corrected chi connectivity index (χ1v) is 11.7. The van der Waals surface area contributed by atoms with Crippen LogP contribution in [0.15, 0.2) is 97.3 Å². The number of carbonyl (C=O) groups excluding carboxylic acids is 1. The summed E-state index contributed by atoms with van der Waals surface area (Å²) < 4.78 is 2.30. The van der Waals surface area contributed by atoms with Crippen LogP contribution in [0, 0.1) is 5.92 Å². The highest BCUT2D eigenvalue weighted by atomic mass is 16.7. The molecule has 1 aromatic heterocycles. The minimum absolute atomic E-state index is 0.00522. The highest BCUT2D eigenvalue weighted by Gasteiger charge is 2.42. The molecule has 1 amide bonds. The third-order valence-corrected chi connectivity index (χ3v) is 6.99. The van der Waals surface area contributed by atoms with Gasteiger partial charge in [-0.25, -0.2) is 10.0 Å². The molecule has 34 heavy (non-hydrogen) atoms. The monoisotopic (exact) mass is 451 g/mol. The van der Waals surface area contributed by atoms with Gasteiger partial charge in [0.1, 0.15) is 5.54 Å². The number of aromatic nitrogens is 2. The van der Waals surface area contributed by atoms with Crippen LogP contribution >= 0.6 is 0 Å². The fraction of sp³-hybridized carbons (Fsp3) is 0.241. The van der Waals surface area contributed by atoms with E-state index >= 15 is 0 Å². The number of hydroxylamine groups is 2. The molecule has 3 aromatic carbocycles. The number of amides is 1. The van der Waals surface area contributed by atoms with Crippen LogP contribution in [-0.2, 0) is 28.0 Å². The van der Waals surface area contributed by atoms with Gasteiger partial charge in [-0.1, -0.05) is 91.0 Å². The van der Waals surface area contributed by atoms with E-state index in [4.69, 9.17) is 9.82 Å². The number of imidazole rings is 1. The average molecular weight is 452 g/mol. The lowest BCUT2D eigenvalue weighted by molar-refractivity contribution is -0.173. The third kappa shape index (κ3) is 3.62. The van der Waals surface area contributed by atoms with Gasteiger partial charge in [-0.15, -0.1) is 0 Å². The first-order valence-electron chi connectivity index (χ1n) is 11.7. The van der Waals surface area contributed by atoms with Gasteiger partial charge in [0.2, 0.25) is 5.91 Å². The van der Waals surface area contributed by atoms with Crippen molar-refractivity contribution in [1.29, 1.82) is 0 Å². The Balaban J connectivity index is 1.76. The van der Waals surface area contributed by atoms with Crippen LogP contribution in [0.4, 0.5) is 0 Å². The molecule has 5 nitrogen and oxygen atoms in total. The standard InChI is InChI=1S/C29H29N3O2/c1-31(34-2)28(33)22-18-19-26-27(20-22)32(21-30-26)29(23-12-6-3-7-13-23,24-14-8-4-9-15-24)25-16-10-5-11-17-25/h3-17,21-22H,18-20H2,1-2H3. The van der Waals surface area contributed by atoms with E-state index in [0.29, 0.717) is 6.42 Å². The lowest BCUT2D eigenvalue weighted by atomic mass is 9.76. The van der Waals surface area contributed by atoms with Crippen molar-refractivity contribution in [3.8, 4) is 0 Å². The summed E-state index contributed by atoms with van der Waals surface area (Å²) in [5, 5.41) is 1.34. The number of rotatable bonds is 6. The Morgan fingerprint density at radius 2 is 1.41 bits per heavy atom. The number of nitrogens with zero attached hydrogens (tertiary/aromatic N) is 3. The van der Waals surface area contributed by atoms with Gasteiger partial charge in [-0.2, -0.15) is 0 Å². The van der Waals surface area contributed by atoms with E-state index in [0.717, 1.165) is 40.9 Å². The quantitative estimate of drug-likeness (QED) is 0.311. The van der Waals surface area contributed by atoms with Gasteiger partial charge in [-0.05, 0) is 29.5 Å². The Labute approximate surface area is 200 Å². The maximum Gasteiger partial charge on any atom is 0.249 e. The zero-order chi connectivity index (χ0) is 23.5. The van der Waals surface area contributed by atoms with Crippen LogP contribution in [0.25, 0.3) is 0 Å². The molecule has 0 bridgehead atoms. The Hall–Kier alpha value is -3.70.